The lowest BCUT2D eigenvalue weighted by Crippen LogP contribution is -2.47. The van der Waals surface area contributed by atoms with Crippen molar-refractivity contribution in [2.24, 2.45) is 5.73 Å². The number of piperazine rings is 1. The second-order valence-corrected chi connectivity index (χ2v) is 7.64. The SMILES string of the molecule is CC(C)NC(=O)c1cnc(N2CCN(c3nc4c(C(N)=O)cc(F)cc4[nH]3)CC2)cn1. The molecule has 1 fully saturated rings. The van der Waals surface area contributed by atoms with Crippen LogP contribution in [-0.4, -0.2) is 64.0 Å². The van der Waals surface area contributed by atoms with Crippen molar-refractivity contribution in [2.75, 3.05) is 36.0 Å². The van der Waals surface area contributed by atoms with Gasteiger partial charge in [-0.05, 0) is 26.0 Å². The quantitative estimate of drug-likeness (QED) is 0.555. The van der Waals surface area contributed by atoms with Crippen molar-refractivity contribution in [1.82, 2.24) is 25.3 Å². The number of carbonyl (C=O) groups excluding carboxylic acids is 2. The molecule has 1 aromatic carbocycles. The molecular formula is C20H23FN8O2. The molecule has 1 saturated heterocycles. The third kappa shape index (κ3) is 4.25. The fraction of sp³-hybridized carbons (Fsp3) is 0.350. The van der Waals surface area contributed by atoms with E-state index in [1.165, 1.54) is 12.3 Å². The fourth-order valence-corrected chi connectivity index (χ4v) is 3.49. The predicted octanol–water partition coefficient (Wildman–Crippen LogP) is 1.06. The first kappa shape index (κ1) is 20.5. The summed E-state index contributed by atoms with van der Waals surface area (Å²) in [4.78, 5) is 43.8. The number of H-pyrrole nitrogens is 1. The molecule has 0 spiro atoms. The molecule has 10 nitrogen and oxygen atoms in total. The summed E-state index contributed by atoms with van der Waals surface area (Å²) in [6.07, 6.45) is 3.06. The number of hydrogen-bond acceptors (Lipinski definition) is 7. The number of nitrogens with one attached hydrogen (secondary N) is 2. The third-order valence-corrected chi connectivity index (χ3v) is 5.00. The molecule has 2 amide bonds. The number of carbonyl (C=O) groups is 2. The van der Waals surface area contributed by atoms with Crippen molar-refractivity contribution >= 4 is 34.6 Å². The van der Waals surface area contributed by atoms with Crippen LogP contribution < -0.4 is 20.9 Å². The first-order valence-corrected chi connectivity index (χ1v) is 9.93. The maximum absolute atomic E-state index is 13.8. The standard InChI is InChI=1S/C20H23FN8O2/c1-11(2)25-19(31)15-9-24-16(10-23-15)28-3-5-29(6-4-28)20-26-14-8-12(21)7-13(18(22)30)17(14)27-20/h7-11H,3-6H2,1-2H3,(H2,22,30)(H,25,31)(H,26,27). The molecule has 0 bridgehead atoms. The Bertz CT molecular complexity index is 1120. The van der Waals surface area contributed by atoms with E-state index in [0.29, 0.717) is 49.0 Å². The van der Waals surface area contributed by atoms with E-state index in [0.717, 1.165) is 6.07 Å². The highest BCUT2D eigenvalue weighted by Crippen LogP contribution is 2.23. The average Bonchev–Trinajstić information content (AvgIpc) is 3.16. The Kier molecular flexibility index (Phi) is 5.40. The van der Waals surface area contributed by atoms with Gasteiger partial charge in [0.15, 0.2) is 0 Å². The molecule has 4 N–H and O–H groups in total. The van der Waals surface area contributed by atoms with Gasteiger partial charge in [0.1, 0.15) is 22.8 Å². The van der Waals surface area contributed by atoms with Crippen molar-refractivity contribution in [2.45, 2.75) is 19.9 Å². The number of anilines is 2. The second-order valence-electron chi connectivity index (χ2n) is 7.64. The molecule has 3 heterocycles. The summed E-state index contributed by atoms with van der Waals surface area (Å²) in [5, 5.41) is 2.78. The maximum atomic E-state index is 13.8. The van der Waals surface area contributed by atoms with E-state index in [9.17, 15) is 14.0 Å². The van der Waals surface area contributed by atoms with Crippen LogP contribution >= 0.6 is 0 Å². The molecule has 11 heteroatoms. The highest BCUT2D eigenvalue weighted by Gasteiger charge is 2.22. The number of amides is 2. The smallest absolute Gasteiger partial charge is 0.271 e. The van der Waals surface area contributed by atoms with E-state index < -0.39 is 11.7 Å². The summed E-state index contributed by atoms with van der Waals surface area (Å²) in [5.74, 6) is -0.296. The number of benzene rings is 1. The van der Waals surface area contributed by atoms with E-state index in [2.05, 4.69) is 30.2 Å². The Morgan fingerprint density at radius 2 is 1.84 bits per heavy atom. The van der Waals surface area contributed by atoms with Crippen LogP contribution in [0.25, 0.3) is 11.0 Å². The molecule has 2 aromatic heterocycles. The van der Waals surface area contributed by atoms with Crippen LogP contribution in [0, 0.1) is 5.82 Å². The molecule has 4 rings (SSSR count). The lowest BCUT2D eigenvalue weighted by Gasteiger charge is -2.35. The fourth-order valence-electron chi connectivity index (χ4n) is 3.49. The van der Waals surface area contributed by atoms with E-state index in [1.807, 2.05) is 18.7 Å². The first-order chi connectivity index (χ1) is 14.8. The zero-order valence-electron chi connectivity index (χ0n) is 17.2. The van der Waals surface area contributed by atoms with E-state index in [-0.39, 0.29) is 23.2 Å². The van der Waals surface area contributed by atoms with Gasteiger partial charge in [0.05, 0.1) is 23.5 Å². The molecule has 0 aliphatic carbocycles. The van der Waals surface area contributed by atoms with Gasteiger partial charge in [-0.25, -0.2) is 19.3 Å². The van der Waals surface area contributed by atoms with Crippen LogP contribution in [0.5, 0.6) is 0 Å². The van der Waals surface area contributed by atoms with Gasteiger partial charge in [0.25, 0.3) is 11.8 Å². The number of fused-ring (bicyclic) bond motifs is 1. The Morgan fingerprint density at radius 1 is 1.13 bits per heavy atom. The molecule has 162 valence electrons. The van der Waals surface area contributed by atoms with Crippen molar-refractivity contribution in [3.05, 3.63) is 41.6 Å². The second kappa shape index (κ2) is 8.17. The topological polar surface area (TPSA) is 133 Å². The Labute approximate surface area is 177 Å². The summed E-state index contributed by atoms with van der Waals surface area (Å²) in [7, 11) is 0. The normalized spacial score (nSPS) is 14.3. The molecule has 31 heavy (non-hydrogen) atoms. The van der Waals surface area contributed by atoms with E-state index >= 15 is 0 Å². The lowest BCUT2D eigenvalue weighted by molar-refractivity contribution is 0.0936. The number of halogens is 1. The summed E-state index contributed by atoms with van der Waals surface area (Å²) >= 11 is 0. The van der Waals surface area contributed by atoms with Gasteiger partial charge in [0, 0.05) is 32.2 Å². The van der Waals surface area contributed by atoms with Crippen LogP contribution in [-0.2, 0) is 0 Å². The van der Waals surface area contributed by atoms with Crippen molar-refractivity contribution in [1.29, 1.82) is 0 Å². The van der Waals surface area contributed by atoms with Gasteiger partial charge < -0.3 is 25.8 Å². The molecule has 0 radical (unpaired) electrons. The number of imidazole rings is 1. The molecule has 0 saturated carbocycles. The average molecular weight is 426 g/mol. The van der Waals surface area contributed by atoms with Crippen molar-refractivity contribution in [3.63, 3.8) is 0 Å². The monoisotopic (exact) mass is 426 g/mol. The lowest BCUT2D eigenvalue weighted by atomic mass is 10.1. The largest absolute Gasteiger partial charge is 0.366 e. The minimum Gasteiger partial charge on any atom is -0.366 e. The van der Waals surface area contributed by atoms with Gasteiger partial charge in [-0.3, -0.25) is 9.59 Å². The van der Waals surface area contributed by atoms with Crippen LogP contribution in [0.15, 0.2) is 24.5 Å². The molecule has 3 aromatic rings. The van der Waals surface area contributed by atoms with Crippen LogP contribution in [0.4, 0.5) is 16.2 Å². The number of aromatic amines is 1. The Hall–Kier alpha value is -3.76. The number of primary amides is 1. The first-order valence-electron chi connectivity index (χ1n) is 9.93. The highest BCUT2D eigenvalue weighted by molar-refractivity contribution is 6.04. The zero-order valence-corrected chi connectivity index (χ0v) is 17.2. The third-order valence-electron chi connectivity index (χ3n) is 5.00. The van der Waals surface area contributed by atoms with Crippen molar-refractivity contribution < 1.29 is 14.0 Å². The van der Waals surface area contributed by atoms with Gasteiger partial charge >= 0.3 is 0 Å². The van der Waals surface area contributed by atoms with Gasteiger partial charge in [-0.1, -0.05) is 0 Å². The molecule has 0 unspecified atom stereocenters. The number of nitrogens with two attached hydrogens (primary N) is 1. The predicted molar refractivity (Wildman–Crippen MR) is 114 cm³/mol. The number of aromatic nitrogens is 4. The summed E-state index contributed by atoms with van der Waals surface area (Å²) in [6, 6.07) is 2.41. The molecular weight excluding hydrogens is 403 g/mol. The Morgan fingerprint density at radius 3 is 2.45 bits per heavy atom. The van der Waals surface area contributed by atoms with Gasteiger partial charge in [-0.15, -0.1) is 0 Å². The molecule has 1 aliphatic rings. The van der Waals surface area contributed by atoms with Crippen LogP contribution in [0.1, 0.15) is 34.7 Å². The van der Waals surface area contributed by atoms with Crippen LogP contribution in [0.2, 0.25) is 0 Å². The van der Waals surface area contributed by atoms with Crippen LogP contribution in [0.3, 0.4) is 0 Å². The molecule has 1 aliphatic heterocycles. The van der Waals surface area contributed by atoms with Gasteiger partial charge in [0.2, 0.25) is 5.95 Å². The minimum absolute atomic E-state index is 0.0239. The molecule has 0 atom stereocenters. The van der Waals surface area contributed by atoms with Crippen molar-refractivity contribution in [3.8, 4) is 0 Å². The Balaban J connectivity index is 1.45. The van der Waals surface area contributed by atoms with E-state index in [1.54, 1.807) is 6.20 Å². The van der Waals surface area contributed by atoms with E-state index in [4.69, 9.17) is 5.73 Å². The summed E-state index contributed by atoms with van der Waals surface area (Å²) in [6.45, 7) is 6.33. The summed E-state index contributed by atoms with van der Waals surface area (Å²) < 4.78 is 13.8. The highest BCUT2D eigenvalue weighted by atomic mass is 19.1. The number of hydrogen-bond donors (Lipinski definition) is 3. The zero-order chi connectivity index (χ0) is 22.1. The summed E-state index contributed by atoms with van der Waals surface area (Å²) in [5.41, 5.74) is 6.45. The number of nitrogens with zero attached hydrogens (tertiary/aromatic N) is 5. The minimum atomic E-state index is -0.725. The van der Waals surface area contributed by atoms with Gasteiger partial charge in [-0.2, -0.15) is 0 Å². The maximum Gasteiger partial charge on any atom is 0.271 e. The number of rotatable bonds is 5.